The van der Waals surface area contributed by atoms with Crippen molar-refractivity contribution in [3.8, 4) is 0 Å². The Morgan fingerprint density at radius 2 is 1.77 bits per heavy atom. The first-order valence-corrected chi connectivity index (χ1v) is 5.43. The molecule has 0 heterocycles. The molecule has 0 N–H and O–H groups in total. The van der Waals surface area contributed by atoms with E-state index >= 15 is 0 Å². The summed E-state index contributed by atoms with van der Waals surface area (Å²) in [5.41, 5.74) is 0. The number of ether oxygens (including phenoxy) is 1. The zero-order valence-corrected chi connectivity index (χ0v) is 9.42. The quantitative estimate of drug-likeness (QED) is 0.669. The molecule has 0 aromatic carbocycles. The SMILES string of the molecule is CC(C)OC1CCCCC1N(C)C. The molecule has 2 atom stereocenters. The molecule has 1 fully saturated rings. The number of hydrogen-bond acceptors (Lipinski definition) is 2. The van der Waals surface area contributed by atoms with Crippen LogP contribution in [0.1, 0.15) is 39.5 Å². The molecule has 0 bridgehead atoms. The molecular formula is C11H23NO. The average Bonchev–Trinajstić information content (AvgIpc) is 2.03. The number of nitrogens with zero attached hydrogens (tertiary/aromatic N) is 1. The van der Waals surface area contributed by atoms with E-state index < -0.39 is 0 Å². The third kappa shape index (κ3) is 3.28. The van der Waals surface area contributed by atoms with E-state index in [2.05, 4.69) is 32.8 Å². The zero-order valence-electron chi connectivity index (χ0n) is 9.42. The van der Waals surface area contributed by atoms with Gasteiger partial charge in [-0.05, 0) is 40.8 Å². The molecule has 0 radical (unpaired) electrons. The van der Waals surface area contributed by atoms with Crippen LogP contribution in [0, 0.1) is 0 Å². The van der Waals surface area contributed by atoms with Crippen molar-refractivity contribution in [1.82, 2.24) is 4.90 Å². The van der Waals surface area contributed by atoms with Crippen molar-refractivity contribution in [2.45, 2.75) is 57.8 Å². The van der Waals surface area contributed by atoms with E-state index in [0.29, 0.717) is 18.2 Å². The fourth-order valence-corrected chi connectivity index (χ4v) is 2.18. The van der Waals surface area contributed by atoms with Crippen molar-refractivity contribution in [1.29, 1.82) is 0 Å². The maximum Gasteiger partial charge on any atom is 0.0733 e. The number of likely N-dealkylation sites (N-methyl/N-ethyl adjacent to an activating group) is 1. The van der Waals surface area contributed by atoms with E-state index in [-0.39, 0.29) is 0 Å². The Labute approximate surface area is 82.3 Å². The molecule has 2 unspecified atom stereocenters. The van der Waals surface area contributed by atoms with E-state index in [9.17, 15) is 0 Å². The molecule has 78 valence electrons. The first kappa shape index (κ1) is 11.0. The molecule has 13 heavy (non-hydrogen) atoms. The Morgan fingerprint density at radius 3 is 2.31 bits per heavy atom. The van der Waals surface area contributed by atoms with Gasteiger partial charge in [0.1, 0.15) is 0 Å². The molecule has 2 nitrogen and oxygen atoms in total. The standard InChI is InChI=1S/C11H23NO/c1-9(2)13-11-8-6-5-7-10(11)12(3)4/h9-11H,5-8H2,1-4H3. The Kier molecular flexibility index (Phi) is 4.20. The minimum Gasteiger partial charge on any atom is -0.374 e. The summed E-state index contributed by atoms with van der Waals surface area (Å²) in [6, 6.07) is 0.635. The van der Waals surface area contributed by atoms with E-state index in [0.717, 1.165) is 0 Å². The minimum atomic E-state index is 0.366. The van der Waals surface area contributed by atoms with Gasteiger partial charge in [0, 0.05) is 6.04 Å². The van der Waals surface area contributed by atoms with Gasteiger partial charge in [0.2, 0.25) is 0 Å². The summed E-state index contributed by atoms with van der Waals surface area (Å²) in [6.07, 6.45) is 6.06. The van der Waals surface area contributed by atoms with E-state index in [1.54, 1.807) is 0 Å². The Balaban J connectivity index is 2.46. The molecule has 0 aromatic heterocycles. The third-order valence-corrected chi connectivity index (χ3v) is 2.78. The highest BCUT2D eigenvalue weighted by molar-refractivity contribution is 4.81. The highest BCUT2D eigenvalue weighted by atomic mass is 16.5. The van der Waals surface area contributed by atoms with Crippen molar-refractivity contribution in [2.24, 2.45) is 0 Å². The summed E-state index contributed by atoms with van der Waals surface area (Å²) in [6.45, 7) is 4.25. The van der Waals surface area contributed by atoms with Crippen LogP contribution in [0.2, 0.25) is 0 Å². The van der Waals surface area contributed by atoms with Crippen molar-refractivity contribution in [3.05, 3.63) is 0 Å². The van der Waals surface area contributed by atoms with Gasteiger partial charge in [-0.25, -0.2) is 0 Å². The highest BCUT2D eigenvalue weighted by Gasteiger charge is 2.27. The van der Waals surface area contributed by atoms with Gasteiger partial charge < -0.3 is 9.64 Å². The van der Waals surface area contributed by atoms with Gasteiger partial charge in [0.15, 0.2) is 0 Å². The fourth-order valence-electron chi connectivity index (χ4n) is 2.18. The van der Waals surface area contributed by atoms with Gasteiger partial charge >= 0.3 is 0 Å². The second-order valence-corrected chi connectivity index (χ2v) is 4.54. The fraction of sp³-hybridized carbons (Fsp3) is 1.00. The van der Waals surface area contributed by atoms with Crippen LogP contribution < -0.4 is 0 Å². The molecule has 0 amide bonds. The Morgan fingerprint density at radius 1 is 1.15 bits per heavy atom. The number of hydrogen-bond donors (Lipinski definition) is 0. The van der Waals surface area contributed by atoms with Crippen LogP contribution in [0.4, 0.5) is 0 Å². The molecule has 0 aromatic rings. The van der Waals surface area contributed by atoms with Crippen molar-refractivity contribution in [3.63, 3.8) is 0 Å². The molecular weight excluding hydrogens is 162 g/mol. The van der Waals surface area contributed by atoms with Gasteiger partial charge in [-0.1, -0.05) is 12.8 Å². The first-order chi connectivity index (χ1) is 6.11. The van der Waals surface area contributed by atoms with E-state index in [1.807, 2.05) is 0 Å². The Bertz CT molecular complexity index is 145. The van der Waals surface area contributed by atoms with Crippen molar-refractivity contribution >= 4 is 0 Å². The summed E-state index contributed by atoms with van der Waals surface area (Å²) in [7, 11) is 4.32. The van der Waals surface area contributed by atoms with E-state index in [4.69, 9.17) is 4.74 Å². The van der Waals surface area contributed by atoms with Crippen LogP contribution in [0.3, 0.4) is 0 Å². The maximum atomic E-state index is 5.92. The molecule has 0 aliphatic heterocycles. The summed E-state index contributed by atoms with van der Waals surface area (Å²) >= 11 is 0. The van der Waals surface area contributed by atoms with Gasteiger partial charge in [-0.3, -0.25) is 0 Å². The molecule has 1 aliphatic carbocycles. The monoisotopic (exact) mass is 185 g/mol. The molecule has 0 saturated heterocycles. The zero-order chi connectivity index (χ0) is 9.84. The highest BCUT2D eigenvalue weighted by Crippen LogP contribution is 2.24. The van der Waals surface area contributed by atoms with Crippen LogP contribution in [0.25, 0.3) is 0 Å². The van der Waals surface area contributed by atoms with Gasteiger partial charge in [0.05, 0.1) is 12.2 Å². The van der Waals surface area contributed by atoms with Crippen LogP contribution in [0.5, 0.6) is 0 Å². The molecule has 1 rings (SSSR count). The topological polar surface area (TPSA) is 12.5 Å². The first-order valence-electron chi connectivity index (χ1n) is 5.43. The Hall–Kier alpha value is -0.0800. The van der Waals surface area contributed by atoms with Crippen molar-refractivity contribution < 1.29 is 4.74 Å². The predicted octanol–water partition coefficient (Wildman–Crippen LogP) is 2.28. The maximum absolute atomic E-state index is 5.92. The van der Waals surface area contributed by atoms with Crippen LogP contribution in [-0.4, -0.2) is 37.2 Å². The second kappa shape index (κ2) is 4.97. The summed E-state index contributed by atoms with van der Waals surface area (Å²) < 4.78 is 5.92. The molecule has 2 heteroatoms. The van der Waals surface area contributed by atoms with Gasteiger partial charge in [0.25, 0.3) is 0 Å². The summed E-state index contributed by atoms with van der Waals surface area (Å²) in [5.74, 6) is 0. The molecule has 1 saturated carbocycles. The lowest BCUT2D eigenvalue weighted by atomic mass is 9.91. The average molecular weight is 185 g/mol. The summed E-state index contributed by atoms with van der Waals surface area (Å²) in [4.78, 5) is 2.31. The molecule has 0 spiro atoms. The largest absolute Gasteiger partial charge is 0.374 e. The lowest BCUT2D eigenvalue weighted by molar-refractivity contribution is -0.0534. The van der Waals surface area contributed by atoms with Crippen LogP contribution >= 0.6 is 0 Å². The molecule has 1 aliphatic rings. The van der Waals surface area contributed by atoms with Crippen LogP contribution in [0.15, 0.2) is 0 Å². The summed E-state index contributed by atoms with van der Waals surface area (Å²) in [5, 5.41) is 0. The van der Waals surface area contributed by atoms with E-state index in [1.165, 1.54) is 25.7 Å². The smallest absolute Gasteiger partial charge is 0.0733 e. The van der Waals surface area contributed by atoms with Crippen LogP contribution in [-0.2, 0) is 4.74 Å². The minimum absolute atomic E-state index is 0.366. The lowest BCUT2D eigenvalue weighted by Gasteiger charge is -2.36. The lowest BCUT2D eigenvalue weighted by Crippen LogP contribution is -2.43. The third-order valence-electron chi connectivity index (χ3n) is 2.78. The van der Waals surface area contributed by atoms with Gasteiger partial charge in [-0.15, -0.1) is 0 Å². The van der Waals surface area contributed by atoms with Gasteiger partial charge in [-0.2, -0.15) is 0 Å². The number of rotatable bonds is 3. The normalized spacial score (nSPS) is 30.0. The van der Waals surface area contributed by atoms with Crippen molar-refractivity contribution in [2.75, 3.05) is 14.1 Å². The predicted molar refractivity (Wildman–Crippen MR) is 56.0 cm³/mol. The second-order valence-electron chi connectivity index (χ2n) is 4.54.